The standard InChI is InChI=1S/C23H28N6O2/c24-16-1-6-22(27-15-16)28-17-2-4-19(5-3-17)31-21-14-18(29-9-11-30-12-10-29)13-20-23(21)26-8-7-25-20/h1,6-8,13-15,17,19H,2-5,9-12,24H2,(H,27,28)/t17-,19+. The summed E-state index contributed by atoms with van der Waals surface area (Å²) in [6.45, 7) is 3.24. The van der Waals surface area contributed by atoms with Gasteiger partial charge in [0.15, 0.2) is 0 Å². The lowest BCUT2D eigenvalue weighted by Crippen LogP contribution is -2.36. The molecule has 0 radical (unpaired) electrons. The second kappa shape index (κ2) is 8.93. The summed E-state index contributed by atoms with van der Waals surface area (Å²) in [6, 6.07) is 8.41. The van der Waals surface area contributed by atoms with E-state index in [9.17, 15) is 0 Å². The number of nitrogens with two attached hydrogens (primary N) is 1. The summed E-state index contributed by atoms with van der Waals surface area (Å²) in [5.74, 6) is 1.70. The highest BCUT2D eigenvalue weighted by molar-refractivity contribution is 5.85. The van der Waals surface area contributed by atoms with E-state index in [-0.39, 0.29) is 6.10 Å². The van der Waals surface area contributed by atoms with Gasteiger partial charge in [-0.25, -0.2) is 9.97 Å². The number of nitrogen functional groups attached to an aromatic ring is 1. The van der Waals surface area contributed by atoms with Gasteiger partial charge < -0.3 is 25.4 Å². The molecule has 3 N–H and O–H groups in total. The molecular formula is C23H28N6O2. The summed E-state index contributed by atoms with van der Waals surface area (Å²) in [5, 5.41) is 3.51. The molecule has 1 aromatic carbocycles. The highest BCUT2D eigenvalue weighted by atomic mass is 16.5. The molecule has 0 amide bonds. The van der Waals surface area contributed by atoms with Gasteiger partial charge in [0.25, 0.3) is 0 Å². The van der Waals surface area contributed by atoms with Crippen molar-refractivity contribution < 1.29 is 9.47 Å². The summed E-state index contributed by atoms with van der Waals surface area (Å²) in [4.78, 5) is 15.8. The zero-order chi connectivity index (χ0) is 21.0. The number of nitrogens with one attached hydrogen (secondary N) is 1. The van der Waals surface area contributed by atoms with Crippen molar-refractivity contribution in [1.82, 2.24) is 15.0 Å². The van der Waals surface area contributed by atoms with Gasteiger partial charge in [0.2, 0.25) is 0 Å². The maximum Gasteiger partial charge on any atom is 0.149 e. The van der Waals surface area contributed by atoms with Gasteiger partial charge in [-0.3, -0.25) is 4.98 Å². The van der Waals surface area contributed by atoms with Crippen LogP contribution >= 0.6 is 0 Å². The van der Waals surface area contributed by atoms with Gasteiger partial charge in [-0.05, 0) is 43.9 Å². The van der Waals surface area contributed by atoms with E-state index in [2.05, 4.69) is 37.3 Å². The van der Waals surface area contributed by atoms with Gasteiger partial charge in [0, 0.05) is 43.3 Å². The molecule has 3 aromatic rings. The first-order valence-electron chi connectivity index (χ1n) is 11.0. The molecule has 8 nitrogen and oxygen atoms in total. The highest BCUT2D eigenvalue weighted by Crippen LogP contribution is 2.33. The van der Waals surface area contributed by atoms with Gasteiger partial charge in [-0.2, -0.15) is 0 Å². The van der Waals surface area contributed by atoms with Crippen molar-refractivity contribution in [2.45, 2.75) is 37.8 Å². The van der Waals surface area contributed by atoms with Gasteiger partial charge in [-0.15, -0.1) is 0 Å². The van der Waals surface area contributed by atoms with Crippen LogP contribution in [-0.4, -0.2) is 53.4 Å². The number of fused-ring (bicyclic) bond motifs is 1. The molecule has 1 aliphatic carbocycles. The molecule has 0 atom stereocenters. The third-order valence-corrected chi connectivity index (χ3v) is 6.01. The summed E-state index contributed by atoms with van der Waals surface area (Å²) >= 11 is 0. The first-order valence-corrected chi connectivity index (χ1v) is 11.0. The molecule has 1 aliphatic heterocycles. The normalized spacial score (nSPS) is 21.7. The van der Waals surface area contributed by atoms with E-state index in [0.717, 1.165) is 80.3 Å². The Hall–Kier alpha value is -3.13. The Kier molecular flexibility index (Phi) is 5.71. The minimum atomic E-state index is 0.169. The van der Waals surface area contributed by atoms with Gasteiger partial charge in [0.05, 0.1) is 36.7 Å². The fourth-order valence-electron chi connectivity index (χ4n) is 4.33. The molecule has 1 saturated heterocycles. The second-order valence-corrected chi connectivity index (χ2v) is 8.18. The number of benzene rings is 1. The molecule has 3 heterocycles. The first-order chi connectivity index (χ1) is 15.2. The number of anilines is 3. The highest BCUT2D eigenvalue weighted by Gasteiger charge is 2.24. The Labute approximate surface area is 181 Å². The van der Waals surface area contributed by atoms with Gasteiger partial charge >= 0.3 is 0 Å². The number of hydrogen-bond donors (Lipinski definition) is 2. The average Bonchev–Trinajstić information content (AvgIpc) is 2.82. The third kappa shape index (κ3) is 4.64. The van der Waals surface area contributed by atoms with Crippen molar-refractivity contribution >= 4 is 28.2 Å². The molecule has 8 heteroatoms. The Morgan fingerprint density at radius 2 is 1.81 bits per heavy atom. The van der Waals surface area contributed by atoms with Crippen LogP contribution in [0.25, 0.3) is 11.0 Å². The minimum absolute atomic E-state index is 0.169. The Morgan fingerprint density at radius 3 is 2.58 bits per heavy atom. The maximum absolute atomic E-state index is 6.49. The third-order valence-electron chi connectivity index (χ3n) is 6.01. The van der Waals surface area contributed by atoms with Crippen molar-refractivity contribution in [3.63, 3.8) is 0 Å². The van der Waals surface area contributed by atoms with Gasteiger partial charge in [0.1, 0.15) is 17.1 Å². The van der Waals surface area contributed by atoms with Crippen LogP contribution in [0.1, 0.15) is 25.7 Å². The number of aromatic nitrogens is 3. The predicted octanol–water partition coefficient (Wildman–Crippen LogP) is 3.25. The average molecular weight is 421 g/mol. The molecule has 0 spiro atoms. The smallest absolute Gasteiger partial charge is 0.149 e. The van der Waals surface area contributed by atoms with E-state index in [1.54, 1.807) is 18.6 Å². The Bertz CT molecular complexity index is 1010. The van der Waals surface area contributed by atoms with Crippen molar-refractivity contribution in [3.8, 4) is 5.75 Å². The largest absolute Gasteiger partial charge is 0.488 e. The minimum Gasteiger partial charge on any atom is -0.488 e. The molecule has 1 saturated carbocycles. The van der Waals surface area contributed by atoms with E-state index in [1.807, 2.05) is 12.1 Å². The number of morpholine rings is 1. The van der Waals surface area contributed by atoms with Crippen molar-refractivity contribution in [1.29, 1.82) is 0 Å². The lowest BCUT2D eigenvalue weighted by molar-refractivity contribution is 0.122. The molecule has 5 rings (SSSR count). The maximum atomic E-state index is 6.49. The first kappa shape index (κ1) is 19.8. The van der Waals surface area contributed by atoms with Crippen LogP contribution in [0.15, 0.2) is 42.9 Å². The monoisotopic (exact) mass is 420 g/mol. The molecule has 162 valence electrons. The molecular weight excluding hydrogens is 392 g/mol. The second-order valence-electron chi connectivity index (χ2n) is 8.18. The van der Waals surface area contributed by atoms with E-state index in [4.69, 9.17) is 15.2 Å². The van der Waals surface area contributed by atoms with E-state index in [1.165, 1.54) is 0 Å². The predicted molar refractivity (Wildman–Crippen MR) is 122 cm³/mol. The van der Waals surface area contributed by atoms with E-state index in [0.29, 0.717) is 11.7 Å². The van der Waals surface area contributed by atoms with Crippen LogP contribution in [0.2, 0.25) is 0 Å². The number of hydrogen-bond acceptors (Lipinski definition) is 8. The number of nitrogens with zero attached hydrogens (tertiary/aromatic N) is 4. The quantitative estimate of drug-likeness (QED) is 0.649. The zero-order valence-corrected chi connectivity index (χ0v) is 17.5. The number of rotatable bonds is 5. The molecule has 31 heavy (non-hydrogen) atoms. The zero-order valence-electron chi connectivity index (χ0n) is 17.5. The molecule has 2 aromatic heterocycles. The van der Waals surface area contributed by atoms with Gasteiger partial charge in [-0.1, -0.05) is 0 Å². The van der Waals surface area contributed by atoms with Crippen LogP contribution in [0.3, 0.4) is 0 Å². The SMILES string of the molecule is Nc1ccc(N[C@H]2CC[C@@H](Oc3cc(N4CCOCC4)cc4nccnc34)CC2)nc1. The van der Waals surface area contributed by atoms with Crippen molar-refractivity contribution in [2.75, 3.05) is 42.3 Å². The fraction of sp³-hybridized carbons (Fsp3) is 0.435. The lowest BCUT2D eigenvalue weighted by atomic mass is 9.93. The summed E-state index contributed by atoms with van der Waals surface area (Å²) < 4.78 is 12.0. The van der Waals surface area contributed by atoms with E-state index >= 15 is 0 Å². The Morgan fingerprint density at radius 1 is 1.00 bits per heavy atom. The lowest BCUT2D eigenvalue weighted by Gasteiger charge is -2.31. The molecule has 2 fully saturated rings. The summed E-state index contributed by atoms with van der Waals surface area (Å²) in [6.07, 6.45) is 9.34. The number of ether oxygens (including phenoxy) is 2. The molecule has 0 unspecified atom stereocenters. The molecule has 2 aliphatic rings. The van der Waals surface area contributed by atoms with Crippen molar-refractivity contribution in [2.24, 2.45) is 0 Å². The summed E-state index contributed by atoms with van der Waals surface area (Å²) in [7, 11) is 0. The van der Waals surface area contributed by atoms with Crippen molar-refractivity contribution in [3.05, 3.63) is 42.9 Å². The molecule has 0 bridgehead atoms. The van der Waals surface area contributed by atoms with Crippen LogP contribution in [0.5, 0.6) is 5.75 Å². The van der Waals surface area contributed by atoms with Crippen LogP contribution in [0, 0.1) is 0 Å². The number of pyridine rings is 1. The fourth-order valence-corrected chi connectivity index (χ4v) is 4.33. The van der Waals surface area contributed by atoms with Crippen LogP contribution in [-0.2, 0) is 4.74 Å². The topological polar surface area (TPSA) is 98.4 Å². The summed E-state index contributed by atoms with van der Waals surface area (Å²) in [5.41, 5.74) is 9.21. The van der Waals surface area contributed by atoms with E-state index < -0.39 is 0 Å². The Balaban J connectivity index is 1.27. The van der Waals surface area contributed by atoms with Crippen LogP contribution < -0.4 is 20.7 Å². The van der Waals surface area contributed by atoms with Crippen LogP contribution in [0.4, 0.5) is 17.2 Å².